The first-order valence-electron chi connectivity index (χ1n) is 6.88. The molecule has 4 nitrogen and oxygen atoms in total. The molecule has 0 saturated carbocycles. The van der Waals surface area contributed by atoms with Crippen LogP contribution in [0.4, 0.5) is 0 Å². The Kier molecular flexibility index (Phi) is 4.37. The lowest BCUT2D eigenvalue weighted by molar-refractivity contribution is -0.400. The van der Waals surface area contributed by atoms with Gasteiger partial charge < -0.3 is 4.57 Å². The summed E-state index contributed by atoms with van der Waals surface area (Å²) in [5.74, 6) is 0. The van der Waals surface area contributed by atoms with Crippen molar-refractivity contribution in [3.63, 3.8) is 0 Å². The zero-order chi connectivity index (χ0) is 16.4. The predicted octanol–water partition coefficient (Wildman–Crippen LogP) is 5.24. The summed E-state index contributed by atoms with van der Waals surface area (Å²) in [6, 6.07) is 13.1. The van der Waals surface area contributed by atoms with Gasteiger partial charge in [-0.2, -0.15) is 0 Å². The first kappa shape index (κ1) is 15.6. The highest BCUT2D eigenvalue weighted by atomic mass is 35.5. The molecule has 0 aliphatic rings. The lowest BCUT2D eigenvalue weighted by Crippen LogP contribution is -1.98. The Labute approximate surface area is 142 Å². The molecule has 0 aliphatic heterocycles. The molecule has 0 N–H and O–H groups in total. The SMILES string of the molecule is O=[N+]([O-])/C=C\c1cn(Cc2ccc(Cl)cc2Cl)c2ccccc12. The van der Waals surface area contributed by atoms with E-state index in [1.165, 1.54) is 6.08 Å². The maximum absolute atomic E-state index is 10.6. The number of hydrogen-bond donors (Lipinski definition) is 0. The minimum absolute atomic E-state index is 0.470. The minimum Gasteiger partial charge on any atom is -0.342 e. The van der Waals surface area contributed by atoms with Gasteiger partial charge >= 0.3 is 0 Å². The van der Waals surface area contributed by atoms with Crippen LogP contribution in [-0.2, 0) is 6.54 Å². The number of halogens is 2. The second kappa shape index (κ2) is 6.44. The fourth-order valence-electron chi connectivity index (χ4n) is 2.51. The molecule has 0 atom stereocenters. The second-order valence-corrected chi connectivity index (χ2v) is 5.91. The molecule has 23 heavy (non-hydrogen) atoms. The van der Waals surface area contributed by atoms with Crippen LogP contribution in [0.25, 0.3) is 17.0 Å². The van der Waals surface area contributed by atoms with E-state index in [2.05, 4.69) is 0 Å². The highest BCUT2D eigenvalue weighted by molar-refractivity contribution is 6.35. The second-order valence-electron chi connectivity index (χ2n) is 5.07. The molecule has 0 spiro atoms. The Morgan fingerprint density at radius 1 is 1.17 bits per heavy atom. The largest absolute Gasteiger partial charge is 0.342 e. The summed E-state index contributed by atoms with van der Waals surface area (Å²) < 4.78 is 2.02. The van der Waals surface area contributed by atoms with Gasteiger partial charge in [0.1, 0.15) is 0 Å². The van der Waals surface area contributed by atoms with Crippen molar-refractivity contribution in [1.29, 1.82) is 0 Å². The summed E-state index contributed by atoms with van der Waals surface area (Å²) in [4.78, 5) is 10.1. The molecule has 0 amide bonds. The van der Waals surface area contributed by atoms with Gasteiger partial charge in [0.25, 0.3) is 0 Å². The molecule has 6 heteroatoms. The average Bonchev–Trinajstić information content (AvgIpc) is 2.86. The molecule has 2 aromatic carbocycles. The molecule has 0 bridgehead atoms. The smallest absolute Gasteiger partial charge is 0.235 e. The van der Waals surface area contributed by atoms with E-state index in [9.17, 15) is 10.1 Å². The molecule has 0 radical (unpaired) electrons. The van der Waals surface area contributed by atoms with Crippen molar-refractivity contribution in [2.75, 3.05) is 0 Å². The topological polar surface area (TPSA) is 48.1 Å². The maximum Gasteiger partial charge on any atom is 0.235 e. The number of para-hydroxylation sites is 1. The molecule has 0 aliphatic carbocycles. The molecule has 3 aromatic rings. The Bertz CT molecular complexity index is 916. The number of nitrogens with zero attached hydrogens (tertiary/aromatic N) is 2. The summed E-state index contributed by atoms with van der Waals surface area (Å²) in [5, 5.41) is 12.7. The highest BCUT2D eigenvalue weighted by Gasteiger charge is 2.09. The quantitative estimate of drug-likeness (QED) is 0.478. The molecule has 0 unspecified atom stereocenters. The van der Waals surface area contributed by atoms with Crippen LogP contribution in [-0.4, -0.2) is 9.49 Å². The van der Waals surface area contributed by atoms with Crippen LogP contribution in [0.5, 0.6) is 0 Å². The standard InChI is InChI=1S/C17H12Cl2N2O2/c18-14-6-5-13(16(19)9-14)11-20-10-12(7-8-21(22)23)15-3-1-2-4-17(15)20/h1-10H,11H2/b8-7-. The third-order valence-corrected chi connectivity index (χ3v) is 4.14. The number of rotatable bonds is 4. The Morgan fingerprint density at radius 3 is 2.70 bits per heavy atom. The van der Waals surface area contributed by atoms with Crippen LogP contribution in [0, 0.1) is 10.1 Å². The van der Waals surface area contributed by atoms with E-state index in [-0.39, 0.29) is 0 Å². The highest BCUT2D eigenvalue weighted by Crippen LogP contribution is 2.26. The van der Waals surface area contributed by atoms with E-state index in [1.54, 1.807) is 12.1 Å². The van der Waals surface area contributed by atoms with Crippen LogP contribution in [0.1, 0.15) is 11.1 Å². The summed E-state index contributed by atoms with van der Waals surface area (Å²) >= 11 is 12.2. The van der Waals surface area contributed by atoms with Crippen LogP contribution < -0.4 is 0 Å². The number of aromatic nitrogens is 1. The summed E-state index contributed by atoms with van der Waals surface area (Å²) in [5.41, 5.74) is 2.71. The summed E-state index contributed by atoms with van der Waals surface area (Å²) in [7, 11) is 0. The van der Waals surface area contributed by atoms with Gasteiger partial charge in [-0.1, -0.05) is 47.5 Å². The van der Waals surface area contributed by atoms with Crippen LogP contribution >= 0.6 is 23.2 Å². The van der Waals surface area contributed by atoms with Crippen LogP contribution in [0.3, 0.4) is 0 Å². The average molecular weight is 347 g/mol. The van der Waals surface area contributed by atoms with Crippen LogP contribution in [0.2, 0.25) is 10.0 Å². The molecule has 1 aromatic heterocycles. The summed E-state index contributed by atoms with van der Waals surface area (Å²) in [6.45, 7) is 0.558. The van der Waals surface area contributed by atoms with Gasteiger partial charge in [0.15, 0.2) is 0 Å². The van der Waals surface area contributed by atoms with Crippen molar-refractivity contribution < 1.29 is 4.92 Å². The van der Waals surface area contributed by atoms with Crippen molar-refractivity contribution in [1.82, 2.24) is 4.57 Å². The fraction of sp³-hybridized carbons (Fsp3) is 0.0588. The van der Waals surface area contributed by atoms with Gasteiger partial charge in [0.05, 0.1) is 4.92 Å². The number of hydrogen-bond acceptors (Lipinski definition) is 2. The number of nitro groups is 1. The Balaban J connectivity index is 2.05. The van der Waals surface area contributed by atoms with Crippen molar-refractivity contribution in [2.24, 2.45) is 0 Å². The predicted molar refractivity (Wildman–Crippen MR) is 93.5 cm³/mol. The molecule has 116 valence electrons. The van der Waals surface area contributed by atoms with E-state index < -0.39 is 4.92 Å². The number of benzene rings is 2. The molecule has 3 rings (SSSR count). The monoisotopic (exact) mass is 346 g/mol. The zero-order valence-corrected chi connectivity index (χ0v) is 13.5. The molecular weight excluding hydrogens is 335 g/mol. The van der Waals surface area contributed by atoms with Gasteiger partial charge in [-0.3, -0.25) is 10.1 Å². The Morgan fingerprint density at radius 2 is 1.96 bits per heavy atom. The van der Waals surface area contributed by atoms with E-state index in [1.807, 2.05) is 41.1 Å². The van der Waals surface area contributed by atoms with Crippen molar-refractivity contribution in [3.8, 4) is 0 Å². The maximum atomic E-state index is 10.6. The van der Waals surface area contributed by atoms with Crippen molar-refractivity contribution >= 4 is 40.2 Å². The normalized spacial score (nSPS) is 11.4. The minimum atomic E-state index is -0.470. The van der Waals surface area contributed by atoms with Crippen molar-refractivity contribution in [2.45, 2.75) is 6.54 Å². The zero-order valence-electron chi connectivity index (χ0n) is 11.9. The molecule has 0 saturated heterocycles. The van der Waals surface area contributed by atoms with Gasteiger partial charge in [0.2, 0.25) is 6.20 Å². The lowest BCUT2D eigenvalue weighted by atomic mass is 10.2. The third kappa shape index (κ3) is 3.38. The fourth-order valence-corrected chi connectivity index (χ4v) is 2.98. The van der Waals surface area contributed by atoms with Gasteiger partial charge in [-0.25, -0.2) is 0 Å². The summed E-state index contributed by atoms with van der Waals surface area (Å²) in [6.07, 6.45) is 4.33. The van der Waals surface area contributed by atoms with Gasteiger partial charge in [-0.05, 0) is 23.8 Å². The van der Waals surface area contributed by atoms with Gasteiger partial charge in [0, 0.05) is 45.3 Å². The Hall–Kier alpha value is -2.30. The third-order valence-electron chi connectivity index (χ3n) is 3.55. The molecule has 1 heterocycles. The van der Waals surface area contributed by atoms with Gasteiger partial charge in [-0.15, -0.1) is 0 Å². The van der Waals surface area contributed by atoms with Crippen LogP contribution in [0.15, 0.2) is 54.9 Å². The molecular formula is C17H12Cl2N2O2. The molecule has 0 fully saturated rings. The lowest BCUT2D eigenvalue weighted by Gasteiger charge is -2.08. The van der Waals surface area contributed by atoms with E-state index >= 15 is 0 Å². The van der Waals surface area contributed by atoms with E-state index in [4.69, 9.17) is 23.2 Å². The van der Waals surface area contributed by atoms with E-state index in [0.717, 1.165) is 28.2 Å². The van der Waals surface area contributed by atoms with Crippen molar-refractivity contribution in [3.05, 3.63) is 86.1 Å². The van der Waals surface area contributed by atoms with E-state index in [0.29, 0.717) is 16.6 Å². The first-order chi connectivity index (χ1) is 11.0. The first-order valence-corrected chi connectivity index (χ1v) is 7.63. The number of fused-ring (bicyclic) bond motifs is 1.